The predicted molar refractivity (Wildman–Crippen MR) is 53.0 cm³/mol. The van der Waals surface area contributed by atoms with Crippen molar-refractivity contribution in [1.29, 1.82) is 0 Å². The summed E-state index contributed by atoms with van der Waals surface area (Å²) in [6.45, 7) is 2.32. The average molecular weight is 219 g/mol. The molecule has 0 aliphatic heterocycles. The lowest BCUT2D eigenvalue weighted by molar-refractivity contribution is 0.112. The van der Waals surface area contributed by atoms with E-state index in [1.165, 1.54) is 6.07 Å². The summed E-state index contributed by atoms with van der Waals surface area (Å²) in [5, 5.41) is 0.746. The molecule has 0 unspecified atom stereocenters. The van der Waals surface area contributed by atoms with E-state index in [-0.39, 0.29) is 0 Å². The Labute approximate surface area is 86.4 Å². The Morgan fingerprint density at radius 1 is 1.46 bits per heavy atom. The van der Waals surface area contributed by atoms with E-state index in [1.807, 2.05) is 6.92 Å². The second-order valence-corrected chi connectivity index (χ2v) is 3.17. The molecule has 1 aromatic rings. The fraction of sp³-hybridized carbons (Fsp3) is 0.222. The van der Waals surface area contributed by atoms with Crippen LogP contribution in [0.2, 0.25) is 10.0 Å². The number of carbonyl (C=O) groups excluding carboxylic acids is 1. The third kappa shape index (κ3) is 2.36. The Hall–Kier alpha value is -0.730. The van der Waals surface area contributed by atoms with Gasteiger partial charge in [0, 0.05) is 16.7 Å². The standard InChI is InChI=1S/C9H8Cl2O2/c1-2-13-8-4-7(10)3-6(5-12)9(8)11/h3-5H,2H2,1H3. The maximum atomic E-state index is 10.5. The number of carbonyl (C=O) groups is 1. The van der Waals surface area contributed by atoms with Crippen LogP contribution in [0.5, 0.6) is 5.75 Å². The second kappa shape index (κ2) is 4.49. The van der Waals surface area contributed by atoms with Gasteiger partial charge in [0.1, 0.15) is 5.75 Å². The van der Waals surface area contributed by atoms with Crippen LogP contribution in [0.4, 0.5) is 0 Å². The number of hydrogen-bond donors (Lipinski definition) is 0. The minimum atomic E-state index is 0.307. The van der Waals surface area contributed by atoms with Crippen LogP contribution >= 0.6 is 23.2 Å². The molecule has 0 aliphatic carbocycles. The number of benzene rings is 1. The molecular formula is C9H8Cl2O2. The Kier molecular flexibility index (Phi) is 3.58. The first-order valence-corrected chi connectivity index (χ1v) is 4.51. The topological polar surface area (TPSA) is 26.3 Å². The molecule has 0 spiro atoms. The Morgan fingerprint density at radius 2 is 2.15 bits per heavy atom. The minimum Gasteiger partial charge on any atom is -0.492 e. The fourth-order valence-electron chi connectivity index (χ4n) is 0.931. The summed E-state index contributed by atoms with van der Waals surface area (Å²) in [5.74, 6) is 0.443. The number of aldehydes is 1. The summed E-state index contributed by atoms with van der Waals surface area (Å²) in [6, 6.07) is 3.08. The molecule has 0 saturated heterocycles. The first-order valence-electron chi connectivity index (χ1n) is 3.76. The molecule has 13 heavy (non-hydrogen) atoms. The van der Waals surface area contributed by atoms with Crippen molar-refractivity contribution < 1.29 is 9.53 Å². The van der Waals surface area contributed by atoms with Gasteiger partial charge < -0.3 is 4.74 Å². The number of rotatable bonds is 3. The summed E-state index contributed by atoms with van der Waals surface area (Å²) < 4.78 is 5.18. The zero-order valence-corrected chi connectivity index (χ0v) is 8.52. The smallest absolute Gasteiger partial charge is 0.151 e. The highest BCUT2D eigenvalue weighted by Crippen LogP contribution is 2.31. The molecule has 0 aromatic heterocycles. The molecule has 2 nitrogen and oxygen atoms in total. The van der Waals surface area contributed by atoms with Gasteiger partial charge in [0.25, 0.3) is 0 Å². The summed E-state index contributed by atoms with van der Waals surface area (Å²) in [6.07, 6.45) is 0.650. The minimum absolute atomic E-state index is 0.307. The van der Waals surface area contributed by atoms with Crippen molar-refractivity contribution >= 4 is 29.5 Å². The van der Waals surface area contributed by atoms with Gasteiger partial charge in [-0.2, -0.15) is 0 Å². The van der Waals surface area contributed by atoms with Crippen molar-refractivity contribution in [2.24, 2.45) is 0 Å². The lowest BCUT2D eigenvalue weighted by Crippen LogP contribution is -1.94. The summed E-state index contributed by atoms with van der Waals surface area (Å²) in [5.41, 5.74) is 0.345. The van der Waals surface area contributed by atoms with E-state index in [1.54, 1.807) is 6.07 Å². The zero-order chi connectivity index (χ0) is 9.84. The maximum Gasteiger partial charge on any atom is 0.151 e. The highest BCUT2D eigenvalue weighted by Gasteiger charge is 2.08. The SMILES string of the molecule is CCOc1cc(Cl)cc(C=O)c1Cl. The lowest BCUT2D eigenvalue weighted by Gasteiger charge is -2.07. The van der Waals surface area contributed by atoms with Crippen molar-refractivity contribution in [2.75, 3.05) is 6.61 Å². The van der Waals surface area contributed by atoms with E-state index in [9.17, 15) is 4.79 Å². The van der Waals surface area contributed by atoms with Gasteiger partial charge in [0.15, 0.2) is 6.29 Å². The monoisotopic (exact) mass is 218 g/mol. The van der Waals surface area contributed by atoms with Gasteiger partial charge in [0.05, 0.1) is 11.6 Å². The predicted octanol–water partition coefficient (Wildman–Crippen LogP) is 3.20. The van der Waals surface area contributed by atoms with E-state index in [4.69, 9.17) is 27.9 Å². The van der Waals surface area contributed by atoms with Gasteiger partial charge >= 0.3 is 0 Å². The van der Waals surface area contributed by atoms with Gasteiger partial charge in [-0.25, -0.2) is 0 Å². The van der Waals surface area contributed by atoms with Crippen LogP contribution in [0.15, 0.2) is 12.1 Å². The van der Waals surface area contributed by atoms with Crippen LogP contribution in [0, 0.1) is 0 Å². The Bertz CT molecular complexity index is 324. The Morgan fingerprint density at radius 3 is 2.69 bits per heavy atom. The molecule has 0 N–H and O–H groups in total. The van der Waals surface area contributed by atoms with Crippen LogP contribution < -0.4 is 4.74 Å². The molecule has 0 saturated carbocycles. The zero-order valence-electron chi connectivity index (χ0n) is 7.01. The third-order valence-corrected chi connectivity index (χ3v) is 2.08. The first kappa shape index (κ1) is 10.4. The fourth-order valence-corrected chi connectivity index (χ4v) is 1.36. The van der Waals surface area contributed by atoms with Crippen molar-refractivity contribution in [2.45, 2.75) is 6.92 Å². The number of hydrogen-bond acceptors (Lipinski definition) is 2. The van der Waals surface area contributed by atoms with Gasteiger partial charge in [-0.1, -0.05) is 23.2 Å². The van der Waals surface area contributed by atoms with E-state index in [0.29, 0.717) is 34.3 Å². The molecule has 0 aliphatic rings. The summed E-state index contributed by atoms with van der Waals surface area (Å²) >= 11 is 11.6. The van der Waals surface area contributed by atoms with Crippen molar-refractivity contribution in [3.8, 4) is 5.75 Å². The quantitative estimate of drug-likeness (QED) is 0.729. The van der Waals surface area contributed by atoms with Crippen LogP contribution in [0.1, 0.15) is 17.3 Å². The molecule has 0 bridgehead atoms. The molecule has 0 fully saturated rings. The summed E-state index contributed by atoms with van der Waals surface area (Å²) in [4.78, 5) is 10.5. The van der Waals surface area contributed by atoms with E-state index >= 15 is 0 Å². The van der Waals surface area contributed by atoms with Crippen LogP contribution in [-0.4, -0.2) is 12.9 Å². The van der Waals surface area contributed by atoms with E-state index in [2.05, 4.69) is 0 Å². The summed E-state index contributed by atoms with van der Waals surface area (Å²) in [7, 11) is 0. The van der Waals surface area contributed by atoms with Crippen molar-refractivity contribution in [3.05, 3.63) is 27.7 Å². The van der Waals surface area contributed by atoms with Crippen LogP contribution in [0.3, 0.4) is 0 Å². The first-order chi connectivity index (χ1) is 6.19. The molecule has 1 rings (SSSR count). The normalized spacial score (nSPS) is 9.77. The molecule has 0 amide bonds. The number of ether oxygens (including phenoxy) is 1. The Balaban J connectivity index is 3.18. The molecular weight excluding hydrogens is 211 g/mol. The van der Waals surface area contributed by atoms with Gasteiger partial charge in [-0.05, 0) is 13.0 Å². The van der Waals surface area contributed by atoms with Crippen LogP contribution in [-0.2, 0) is 0 Å². The maximum absolute atomic E-state index is 10.5. The molecule has 0 heterocycles. The molecule has 70 valence electrons. The van der Waals surface area contributed by atoms with Gasteiger partial charge in [-0.3, -0.25) is 4.79 Å². The van der Waals surface area contributed by atoms with Gasteiger partial charge in [-0.15, -0.1) is 0 Å². The average Bonchev–Trinajstić information content (AvgIpc) is 2.11. The van der Waals surface area contributed by atoms with Crippen LogP contribution in [0.25, 0.3) is 0 Å². The van der Waals surface area contributed by atoms with E-state index < -0.39 is 0 Å². The molecule has 4 heteroatoms. The van der Waals surface area contributed by atoms with Gasteiger partial charge in [0.2, 0.25) is 0 Å². The molecule has 0 radical (unpaired) electrons. The highest BCUT2D eigenvalue weighted by atomic mass is 35.5. The van der Waals surface area contributed by atoms with Crippen molar-refractivity contribution in [3.63, 3.8) is 0 Å². The van der Waals surface area contributed by atoms with Crippen molar-refractivity contribution in [1.82, 2.24) is 0 Å². The lowest BCUT2D eigenvalue weighted by atomic mass is 10.2. The molecule has 1 aromatic carbocycles. The number of halogens is 2. The van der Waals surface area contributed by atoms with E-state index in [0.717, 1.165) is 0 Å². The molecule has 0 atom stereocenters. The largest absolute Gasteiger partial charge is 0.492 e. The second-order valence-electron chi connectivity index (χ2n) is 2.36. The third-order valence-electron chi connectivity index (χ3n) is 1.46. The highest BCUT2D eigenvalue weighted by molar-refractivity contribution is 6.36.